The zero-order chi connectivity index (χ0) is 13.7. The summed E-state index contributed by atoms with van der Waals surface area (Å²) in [5.74, 6) is 2.60. The molecule has 0 bridgehead atoms. The third kappa shape index (κ3) is 3.68. The van der Waals surface area contributed by atoms with Crippen LogP contribution in [-0.2, 0) is 6.42 Å². The number of anilines is 1. The summed E-state index contributed by atoms with van der Waals surface area (Å²) in [5.41, 5.74) is 1.23. The molecule has 1 aromatic heterocycles. The molecule has 19 heavy (non-hydrogen) atoms. The molecule has 2 rings (SSSR count). The lowest BCUT2D eigenvalue weighted by molar-refractivity contribution is 0.668. The van der Waals surface area contributed by atoms with Crippen LogP contribution >= 0.6 is 15.9 Å². The van der Waals surface area contributed by atoms with Crippen molar-refractivity contribution in [2.24, 2.45) is 0 Å². The number of rotatable bonds is 6. The average molecular weight is 326 g/mol. The van der Waals surface area contributed by atoms with Gasteiger partial charge in [0, 0.05) is 18.9 Å². The first-order chi connectivity index (χ1) is 9.26. The molecule has 1 aliphatic carbocycles. The predicted molar refractivity (Wildman–Crippen MR) is 83.7 cm³/mol. The second-order valence-electron chi connectivity index (χ2n) is 5.30. The van der Waals surface area contributed by atoms with Gasteiger partial charge in [-0.2, -0.15) is 0 Å². The number of unbranched alkanes of at least 4 members (excludes halogenated alkanes) is 1. The van der Waals surface area contributed by atoms with Gasteiger partial charge in [-0.3, -0.25) is 0 Å². The maximum Gasteiger partial charge on any atom is 0.144 e. The van der Waals surface area contributed by atoms with Crippen molar-refractivity contribution in [2.45, 2.75) is 64.7 Å². The Morgan fingerprint density at radius 1 is 1.21 bits per heavy atom. The summed E-state index contributed by atoms with van der Waals surface area (Å²) in [6.07, 6.45) is 8.56. The molecule has 3 nitrogen and oxygen atoms in total. The average Bonchev–Trinajstić information content (AvgIpc) is 2.93. The van der Waals surface area contributed by atoms with E-state index in [9.17, 15) is 0 Å². The van der Waals surface area contributed by atoms with Crippen LogP contribution in [-0.4, -0.2) is 16.5 Å². The van der Waals surface area contributed by atoms with E-state index in [1.807, 2.05) is 0 Å². The first kappa shape index (κ1) is 14.8. The number of hydrogen-bond donors (Lipinski definition) is 1. The Morgan fingerprint density at radius 2 is 1.95 bits per heavy atom. The monoisotopic (exact) mass is 325 g/mol. The Labute approximate surface area is 124 Å². The Hall–Kier alpha value is -0.640. The van der Waals surface area contributed by atoms with Gasteiger partial charge in [-0.1, -0.05) is 26.2 Å². The fraction of sp³-hybridized carbons (Fsp3) is 0.733. The zero-order valence-corrected chi connectivity index (χ0v) is 13.6. The van der Waals surface area contributed by atoms with Crippen molar-refractivity contribution in [3.63, 3.8) is 0 Å². The van der Waals surface area contributed by atoms with Crippen LogP contribution in [0.5, 0.6) is 0 Å². The number of nitrogens with one attached hydrogen (secondary N) is 1. The highest BCUT2D eigenvalue weighted by molar-refractivity contribution is 9.10. The number of aryl methyl sites for hydroxylation is 1. The first-order valence-corrected chi connectivity index (χ1v) is 8.35. The summed E-state index contributed by atoms with van der Waals surface area (Å²) in [4.78, 5) is 9.50. The Kier molecular flexibility index (Phi) is 5.61. The highest BCUT2D eigenvalue weighted by atomic mass is 79.9. The Bertz CT molecular complexity index is 414. The van der Waals surface area contributed by atoms with Crippen molar-refractivity contribution in [1.82, 2.24) is 9.97 Å². The van der Waals surface area contributed by atoms with Crippen molar-refractivity contribution in [2.75, 3.05) is 11.9 Å². The van der Waals surface area contributed by atoms with Crippen molar-refractivity contribution >= 4 is 21.7 Å². The maximum absolute atomic E-state index is 4.84. The lowest BCUT2D eigenvalue weighted by Gasteiger charge is -2.16. The van der Waals surface area contributed by atoms with E-state index in [0.717, 1.165) is 35.5 Å². The summed E-state index contributed by atoms with van der Waals surface area (Å²) in [7, 11) is 0. The zero-order valence-electron chi connectivity index (χ0n) is 12.0. The predicted octanol–water partition coefficient (Wildman–Crippen LogP) is 4.67. The molecular formula is C15H24BrN3. The molecule has 106 valence electrons. The van der Waals surface area contributed by atoms with Crippen LogP contribution in [0.25, 0.3) is 0 Å². The smallest absolute Gasteiger partial charge is 0.144 e. The fourth-order valence-corrected chi connectivity index (χ4v) is 3.35. The molecule has 0 spiro atoms. The fourth-order valence-electron chi connectivity index (χ4n) is 2.71. The van der Waals surface area contributed by atoms with Crippen LogP contribution in [0.1, 0.15) is 69.8 Å². The van der Waals surface area contributed by atoms with Crippen molar-refractivity contribution < 1.29 is 0 Å². The van der Waals surface area contributed by atoms with Crippen LogP contribution in [0.4, 0.5) is 5.82 Å². The van der Waals surface area contributed by atoms with Gasteiger partial charge < -0.3 is 5.32 Å². The highest BCUT2D eigenvalue weighted by Crippen LogP contribution is 2.38. The second kappa shape index (κ2) is 7.22. The maximum atomic E-state index is 4.84. The molecule has 4 heteroatoms. The lowest BCUT2D eigenvalue weighted by Crippen LogP contribution is -2.10. The molecule has 1 aromatic rings. The van der Waals surface area contributed by atoms with Gasteiger partial charge in [0.2, 0.25) is 0 Å². The molecule has 0 amide bonds. The van der Waals surface area contributed by atoms with Gasteiger partial charge in [0.1, 0.15) is 11.6 Å². The SMILES string of the molecule is CCCCc1nc(NCC)c(Br)c(C2CCCC2)n1. The van der Waals surface area contributed by atoms with E-state index in [1.54, 1.807) is 0 Å². The number of hydrogen-bond acceptors (Lipinski definition) is 3. The third-order valence-corrected chi connectivity index (χ3v) is 4.54. The Balaban J connectivity index is 2.29. The summed E-state index contributed by atoms with van der Waals surface area (Å²) in [6, 6.07) is 0. The van der Waals surface area contributed by atoms with Gasteiger partial charge in [-0.25, -0.2) is 9.97 Å². The highest BCUT2D eigenvalue weighted by Gasteiger charge is 2.23. The van der Waals surface area contributed by atoms with Gasteiger partial charge in [-0.15, -0.1) is 0 Å². The minimum atomic E-state index is 0.621. The molecule has 0 aromatic carbocycles. The van der Waals surface area contributed by atoms with Crippen LogP contribution in [0.15, 0.2) is 4.47 Å². The van der Waals surface area contributed by atoms with Crippen LogP contribution in [0, 0.1) is 0 Å². The molecule has 0 saturated heterocycles. The van der Waals surface area contributed by atoms with Gasteiger partial charge in [0.15, 0.2) is 0 Å². The summed E-state index contributed by atoms with van der Waals surface area (Å²) < 4.78 is 1.08. The normalized spacial score (nSPS) is 15.9. The number of nitrogens with zero attached hydrogens (tertiary/aromatic N) is 2. The van der Waals surface area contributed by atoms with Gasteiger partial charge in [0.25, 0.3) is 0 Å². The minimum absolute atomic E-state index is 0.621. The number of aromatic nitrogens is 2. The molecule has 1 heterocycles. The van der Waals surface area contributed by atoms with Gasteiger partial charge in [-0.05, 0) is 42.1 Å². The van der Waals surface area contributed by atoms with E-state index < -0.39 is 0 Å². The van der Waals surface area contributed by atoms with Crippen molar-refractivity contribution in [3.8, 4) is 0 Å². The lowest BCUT2D eigenvalue weighted by atomic mass is 10.0. The minimum Gasteiger partial charge on any atom is -0.369 e. The summed E-state index contributed by atoms with van der Waals surface area (Å²) >= 11 is 3.71. The van der Waals surface area contributed by atoms with Gasteiger partial charge in [0.05, 0.1) is 10.2 Å². The quantitative estimate of drug-likeness (QED) is 0.825. The largest absolute Gasteiger partial charge is 0.369 e. The molecule has 1 N–H and O–H groups in total. The van der Waals surface area contributed by atoms with Crippen molar-refractivity contribution in [3.05, 3.63) is 16.0 Å². The topological polar surface area (TPSA) is 37.8 Å². The van der Waals surface area contributed by atoms with E-state index in [2.05, 4.69) is 40.1 Å². The van der Waals surface area contributed by atoms with E-state index in [1.165, 1.54) is 37.8 Å². The first-order valence-electron chi connectivity index (χ1n) is 7.56. The van der Waals surface area contributed by atoms with E-state index in [4.69, 9.17) is 4.98 Å². The summed E-state index contributed by atoms with van der Waals surface area (Å²) in [5, 5.41) is 3.36. The standard InChI is InChI=1S/C15H24BrN3/c1-3-5-10-12-18-14(11-8-6-7-9-11)13(16)15(19-12)17-4-2/h11H,3-10H2,1-2H3,(H,17,18,19). The molecule has 0 radical (unpaired) electrons. The molecule has 1 fully saturated rings. The Morgan fingerprint density at radius 3 is 2.58 bits per heavy atom. The van der Waals surface area contributed by atoms with Gasteiger partial charge >= 0.3 is 0 Å². The molecule has 1 aliphatic rings. The van der Waals surface area contributed by atoms with Crippen LogP contribution in [0.3, 0.4) is 0 Å². The molecule has 1 saturated carbocycles. The van der Waals surface area contributed by atoms with Crippen LogP contribution < -0.4 is 5.32 Å². The third-order valence-electron chi connectivity index (χ3n) is 3.76. The molecule has 0 unspecified atom stereocenters. The van der Waals surface area contributed by atoms with E-state index >= 15 is 0 Å². The number of halogens is 1. The molecule has 0 atom stereocenters. The van der Waals surface area contributed by atoms with E-state index in [-0.39, 0.29) is 0 Å². The molecular weight excluding hydrogens is 302 g/mol. The second-order valence-corrected chi connectivity index (χ2v) is 6.10. The summed E-state index contributed by atoms with van der Waals surface area (Å²) in [6.45, 7) is 5.21. The van der Waals surface area contributed by atoms with Crippen LogP contribution in [0.2, 0.25) is 0 Å². The molecule has 0 aliphatic heterocycles. The van der Waals surface area contributed by atoms with Crippen molar-refractivity contribution in [1.29, 1.82) is 0 Å². The van der Waals surface area contributed by atoms with E-state index in [0.29, 0.717) is 5.92 Å².